The molecule has 0 unspecified atom stereocenters. The molecule has 4 heteroatoms. The van der Waals surface area contributed by atoms with E-state index in [0.29, 0.717) is 0 Å². The van der Waals surface area contributed by atoms with Gasteiger partial charge in [-0.05, 0) is 31.5 Å². The molecule has 0 aliphatic carbocycles. The Morgan fingerprint density at radius 1 is 1.20 bits per heavy atom. The molecule has 2 aliphatic rings. The van der Waals surface area contributed by atoms with Crippen LogP contribution in [0, 0.1) is 0 Å². The van der Waals surface area contributed by atoms with E-state index in [-0.39, 0.29) is 0 Å². The highest BCUT2D eigenvalue weighted by Gasteiger charge is 2.15. The van der Waals surface area contributed by atoms with Crippen molar-refractivity contribution in [1.82, 2.24) is 9.80 Å². The lowest BCUT2D eigenvalue weighted by Crippen LogP contribution is -2.45. The molecule has 3 rings (SSSR count). The smallest absolute Gasteiger partial charge is 0.142 e. The average molecular weight is 275 g/mol. The Labute approximate surface area is 121 Å². The lowest BCUT2D eigenvalue weighted by atomic mass is 10.0. The summed E-state index contributed by atoms with van der Waals surface area (Å²) in [5.74, 6) is 1.02. The van der Waals surface area contributed by atoms with Crippen LogP contribution in [0.15, 0.2) is 18.2 Å². The molecular formula is C16H25N3O. The van der Waals surface area contributed by atoms with Gasteiger partial charge in [-0.15, -0.1) is 0 Å². The number of likely N-dealkylation sites (N-methyl/N-ethyl adjacent to an activating group) is 1. The van der Waals surface area contributed by atoms with Crippen LogP contribution in [-0.2, 0) is 6.42 Å². The number of anilines is 1. The van der Waals surface area contributed by atoms with Gasteiger partial charge in [0.05, 0.1) is 5.69 Å². The monoisotopic (exact) mass is 275 g/mol. The number of ether oxygens (including phenoxy) is 1. The third-order valence-corrected chi connectivity index (χ3v) is 4.30. The molecule has 0 radical (unpaired) electrons. The highest BCUT2D eigenvalue weighted by molar-refractivity contribution is 5.63. The normalized spacial score (nSPS) is 20.2. The number of rotatable bonds is 4. The fourth-order valence-electron chi connectivity index (χ4n) is 2.95. The Bertz CT molecular complexity index is 441. The van der Waals surface area contributed by atoms with E-state index < -0.39 is 0 Å². The average Bonchev–Trinajstić information content (AvgIpc) is 2.49. The zero-order valence-electron chi connectivity index (χ0n) is 12.4. The summed E-state index contributed by atoms with van der Waals surface area (Å²) < 4.78 is 6.02. The van der Waals surface area contributed by atoms with Crippen molar-refractivity contribution >= 4 is 5.69 Å². The summed E-state index contributed by atoms with van der Waals surface area (Å²) in [6, 6.07) is 6.40. The summed E-state index contributed by atoms with van der Waals surface area (Å²) in [5.41, 5.74) is 2.62. The van der Waals surface area contributed by atoms with E-state index in [9.17, 15) is 0 Å². The predicted octanol–water partition coefficient (Wildman–Crippen LogP) is 1.67. The first-order valence-corrected chi connectivity index (χ1v) is 7.72. The standard InChI is InChI=1S/C16H25N3O/c1-18-8-10-19(11-9-18)12-13-20-15-6-2-4-14-5-3-7-17-16(14)15/h2,4,6,17H,3,5,7-13H2,1H3. The van der Waals surface area contributed by atoms with Crippen LogP contribution in [0.2, 0.25) is 0 Å². The van der Waals surface area contributed by atoms with Gasteiger partial charge in [-0.1, -0.05) is 12.1 Å². The number of hydrogen-bond acceptors (Lipinski definition) is 4. The molecule has 0 spiro atoms. The number of hydrogen-bond donors (Lipinski definition) is 1. The Balaban J connectivity index is 1.51. The summed E-state index contributed by atoms with van der Waals surface area (Å²) in [7, 11) is 2.19. The molecule has 4 nitrogen and oxygen atoms in total. The summed E-state index contributed by atoms with van der Waals surface area (Å²) in [6.45, 7) is 7.52. The van der Waals surface area contributed by atoms with Gasteiger partial charge in [-0.25, -0.2) is 0 Å². The molecule has 0 atom stereocenters. The maximum Gasteiger partial charge on any atom is 0.142 e. The first-order chi connectivity index (χ1) is 9.83. The summed E-state index contributed by atoms with van der Waals surface area (Å²) in [6.07, 6.45) is 2.38. The molecular weight excluding hydrogens is 250 g/mol. The van der Waals surface area contributed by atoms with Gasteiger partial charge in [-0.2, -0.15) is 0 Å². The highest BCUT2D eigenvalue weighted by Crippen LogP contribution is 2.31. The number of aryl methyl sites for hydroxylation is 1. The molecule has 1 aromatic rings. The molecule has 20 heavy (non-hydrogen) atoms. The number of nitrogens with zero attached hydrogens (tertiary/aromatic N) is 2. The summed E-state index contributed by atoms with van der Waals surface area (Å²) in [4.78, 5) is 4.87. The number of piperazine rings is 1. The Kier molecular flexibility index (Phi) is 4.43. The van der Waals surface area contributed by atoms with Crippen molar-refractivity contribution in [3.05, 3.63) is 23.8 Å². The molecule has 0 saturated carbocycles. The third kappa shape index (κ3) is 3.25. The van der Waals surface area contributed by atoms with Crippen LogP contribution in [0.3, 0.4) is 0 Å². The second kappa shape index (κ2) is 6.46. The van der Waals surface area contributed by atoms with Crippen molar-refractivity contribution in [2.24, 2.45) is 0 Å². The van der Waals surface area contributed by atoms with Crippen LogP contribution in [0.25, 0.3) is 0 Å². The molecule has 2 heterocycles. The highest BCUT2D eigenvalue weighted by atomic mass is 16.5. The molecule has 0 aromatic heterocycles. The van der Waals surface area contributed by atoms with Crippen molar-refractivity contribution in [1.29, 1.82) is 0 Å². The van der Waals surface area contributed by atoms with Gasteiger partial charge in [0.1, 0.15) is 12.4 Å². The van der Waals surface area contributed by atoms with Crippen LogP contribution < -0.4 is 10.1 Å². The van der Waals surface area contributed by atoms with E-state index in [1.165, 1.54) is 30.8 Å². The molecule has 1 saturated heterocycles. The number of fused-ring (bicyclic) bond motifs is 1. The topological polar surface area (TPSA) is 27.7 Å². The summed E-state index contributed by atoms with van der Waals surface area (Å²) >= 11 is 0. The van der Waals surface area contributed by atoms with E-state index in [0.717, 1.165) is 45.0 Å². The predicted molar refractivity (Wildman–Crippen MR) is 82.7 cm³/mol. The molecule has 1 N–H and O–H groups in total. The van der Waals surface area contributed by atoms with Gasteiger partial charge < -0.3 is 15.0 Å². The van der Waals surface area contributed by atoms with Crippen molar-refractivity contribution in [3.8, 4) is 5.75 Å². The van der Waals surface area contributed by atoms with Gasteiger partial charge in [0.25, 0.3) is 0 Å². The Morgan fingerprint density at radius 2 is 2.05 bits per heavy atom. The number of benzene rings is 1. The minimum atomic E-state index is 0.780. The van der Waals surface area contributed by atoms with Crippen molar-refractivity contribution in [2.75, 3.05) is 58.2 Å². The minimum Gasteiger partial charge on any atom is -0.490 e. The second-order valence-electron chi connectivity index (χ2n) is 5.81. The fourth-order valence-corrected chi connectivity index (χ4v) is 2.95. The van der Waals surface area contributed by atoms with Crippen LogP contribution in [0.1, 0.15) is 12.0 Å². The zero-order valence-corrected chi connectivity index (χ0v) is 12.4. The first-order valence-electron chi connectivity index (χ1n) is 7.72. The quantitative estimate of drug-likeness (QED) is 0.904. The van der Waals surface area contributed by atoms with E-state index in [1.807, 2.05) is 0 Å². The van der Waals surface area contributed by atoms with Gasteiger partial charge in [0, 0.05) is 39.3 Å². The van der Waals surface area contributed by atoms with Crippen LogP contribution in [0.4, 0.5) is 5.69 Å². The van der Waals surface area contributed by atoms with E-state index in [1.54, 1.807) is 0 Å². The molecule has 0 bridgehead atoms. The van der Waals surface area contributed by atoms with Crippen molar-refractivity contribution in [2.45, 2.75) is 12.8 Å². The zero-order chi connectivity index (χ0) is 13.8. The maximum atomic E-state index is 6.02. The lowest BCUT2D eigenvalue weighted by Gasteiger charge is -2.32. The fraction of sp³-hybridized carbons (Fsp3) is 0.625. The second-order valence-corrected chi connectivity index (χ2v) is 5.81. The van der Waals surface area contributed by atoms with Crippen LogP contribution in [0.5, 0.6) is 5.75 Å². The molecule has 1 aromatic carbocycles. The maximum absolute atomic E-state index is 6.02. The van der Waals surface area contributed by atoms with Gasteiger partial charge in [-0.3, -0.25) is 4.90 Å². The van der Waals surface area contributed by atoms with Gasteiger partial charge in [0.2, 0.25) is 0 Å². The van der Waals surface area contributed by atoms with Gasteiger partial charge >= 0.3 is 0 Å². The number of para-hydroxylation sites is 1. The Morgan fingerprint density at radius 3 is 2.90 bits per heavy atom. The largest absolute Gasteiger partial charge is 0.490 e. The SMILES string of the molecule is CN1CCN(CCOc2cccc3c2NCCC3)CC1. The minimum absolute atomic E-state index is 0.780. The van der Waals surface area contributed by atoms with Crippen molar-refractivity contribution in [3.63, 3.8) is 0 Å². The van der Waals surface area contributed by atoms with Crippen LogP contribution in [-0.4, -0.2) is 62.7 Å². The third-order valence-electron chi connectivity index (χ3n) is 4.30. The molecule has 0 amide bonds. The van der Waals surface area contributed by atoms with E-state index in [4.69, 9.17) is 4.74 Å². The molecule has 1 fully saturated rings. The van der Waals surface area contributed by atoms with Crippen molar-refractivity contribution < 1.29 is 4.74 Å². The Hall–Kier alpha value is -1.26. The van der Waals surface area contributed by atoms with E-state index in [2.05, 4.69) is 40.4 Å². The van der Waals surface area contributed by atoms with Gasteiger partial charge in [0.15, 0.2) is 0 Å². The lowest BCUT2D eigenvalue weighted by molar-refractivity contribution is 0.134. The molecule has 110 valence electrons. The van der Waals surface area contributed by atoms with Crippen LogP contribution >= 0.6 is 0 Å². The first kappa shape index (κ1) is 13.7. The molecule has 2 aliphatic heterocycles. The van der Waals surface area contributed by atoms with E-state index >= 15 is 0 Å². The summed E-state index contributed by atoms with van der Waals surface area (Å²) in [5, 5.41) is 3.48. The number of nitrogens with one attached hydrogen (secondary N) is 1.